The van der Waals surface area contributed by atoms with Crippen molar-refractivity contribution < 1.29 is 9.15 Å². The van der Waals surface area contributed by atoms with Gasteiger partial charge in [-0.3, -0.25) is 0 Å². The summed E-state index contributed by atoms with van der Waals surface area (Å²) in [6.45, 7) is 5.48. The van der Waals surface area contributed by atoms with Crippen molar-refractivity contribution in [3.8, 4) is 5.75 Å². The molecule has 0 saturated heterocycles. The normalized spacial score (nSPS) is 10.5. The summed E-state index contributed by atoms with van der Waals surface area (Å²) in [5.74, 6) is 1.27. The van der Waals surface area contributed by atoms with Crippen molar-refractivity contribution in [1.29, 1.82) is 0 Å². The molecule has 1 heterocycles. The molecular weight excluding hydrogens is 244 g/mol. The van der Waals surface area contributed by atoms with E-state index >= 15 is 0 Å². The Kier molecular flexibility index (Phi) is 4.35. The molecule has 0 aliphatic carbocycles. The molecule has 0 amide bonds. The van der Waals surface area contributed by atoms with Crippen LogP contribution in [0.15, 0.2) is 22.6 Å². The summed E-state index contributed by atoms with van der Waals surface area (Å²) in [5, 5.41) is 10.5. The smallest absolute Gasteiger partial charge is 0.315 e. The number of nitrogens with two attached hydrogens (primary N) is 1. The highest BCUT2D eigenvalue weighted by atomic mass is 16.5. The van der Waals surface area contributed by atoms with Gasteiger partial charge in [-0.2, -0.15) is 0 Å². The van der Waals surface area contributed by atoms with Crippen molar-refractivity contribution in [3.05, 3.63) is 35.2 Å². The lowest BCUT2D eigenvalue weighted by molar-refractivity contribution is 0.331. The van der Waals surface area contributed by atoms with Gasteiger partial charge in [0.1, 0.15) is 12.4 Å². The molecule has 0 saturated carbocycles. The van der Waals surface area contributed by atoms with Crippen molar-refractivity contribution in [3.63, 3.8) is 0 Å². The van der Waals surface area contributed by atoms with Crippen LogP contribution in [0.3, 0.4) is 0 Å². The average Bonchev–Trinajstić information content (AvgIpc) is 2.87. The van der Waals surface area contributed by atoms with Crippen molar-refractivity contribution in [2.24, 2.45) is 5.73 Å². The van der Waals surface area contributed by atoms with E-state index in [-0.39, 0.29) is 6.54 Å². The van der Waals surface area contributed by atoms with E-state index in [2.05, 4.69) is 29.4 Å². The molecular formula is C13H18N4O2. The molecule has 3 N–H and O–H groups in total. The van der Waals surface area contributed by atoms with E-state index in [1.165, 1.54) is 11.1 Å². The van der Waals surface area contributed by atoms with E-state index in [1.54, 1.807) is 0 Å². The maximum atomic E-state index is 5.62. The van der Waals surface area contributed by atoms with E-state index in [4.69, 9.17) is 14.9 Å². The van der Waals surface area contributed by atoms with Gasteiger partial charge in [-0.15, -0.1) is 5.10 Å². The molecule has 6 nitrogen and oxygen atoms in total. The number of anilines is 1. The number of hydrogen-bond donors (Lipinski definition) is 2. The Morgan fingerprint density at radius 1 is 1.26 bits per heavy atom. The summed E-state index contributed by atoms with van der Waals surface area (Å²) in [6.07, 6.45) is 0. The van der Waals surface area contributed by atoms with Gasteiger partial charge in [0.15, 0.2) is 0 Å². The van der Waals surface area contributed by atoms with Crippen LogP contribution in [0.5, 0.6) is 5.75 Å². The molecule has 0 bridgehead atoms. The number of nitrogens with one attached hydrogen (secondary N) is 1. The number of rotatable bonds is 6. The summed E-state index contributed by atoms with van der Waals surface area (Å²) < 4.78 is 10.8. The van der Waals surface area contributed by atoms with E-state index in [1.807, 2.05) is 18.2 Å². The van der Waals surface area contributed by atoms with Crippen LogP contribution in [-0.4, -0.2) is 23.3 Å². The third-order valence-electron chi connectivity index (χ3n) is 2.77. The molecule has 0 radical (unpaired) electrons. The largest absolute Gasteiger partial charge is 0.492 e. The van der Waals surface area contributed by atoms with E-state index in [0.717, 1.165) is 5.75 Å². The zero-order valence-corrected chi connectivity index (χ0v) is 11.1. The van der Waals surface area contributed by atoms with Crippen LogP contribution in [0.2, 0.25) is 0 Å². The molecule has 2 rings (SSSR count). The Morgan fingerprint density at radius 2 is 2.11 bits per heavy atom. The van der Waals surface area contributed by atoms with Crippen LogP contribution in [0.4, 0.5) is 6.01 Å². The highest BCUT2D eigenvalue weighted by molar-refractivity contribution is 5.33. The highest BCUT2D eigenvalue weighted by Crippen LogP contribution is 2.16. The number of aryl methyl sites for hydroxylation is 2. The van der Waals surface area contributed by atoms with Gasteiger partial charge >= 0.3 is 6.01 Å². The number of ether oxygens (including phenoxy) is 1. The number of nitrogens with zero attached hydrogens (tertiary/aromatic N) is 2. The van der Waals surface area contributed by atoms with Crippen molar-refractivity contribution in [2.75, 3.05) is 18.5 Å². The number of aromatic nitrogens is 2. The first-order chi connectivity index (χ1) is 9.19. The maximum Gasteiger partial charge on any atom is 0.315 e. The number of benzene rings is 1. The van der Waals surface area contributed by atoms with E-state index in [0.29, 0.717) is 25.1 Å². The fourth-order valence-electron chi connectivity index (χ4n) is 1.54. The summed E-state index contributed by atoms with van der Waals surface area (Å²) in [6, 6.07) is 6.39. The lowest BCUT2D eigenvalue weighted by Gasteiger charge is -2.08. The first kappa shape index (κ1) is 13.4. The van der Waals surface area contributed by atoms with Crippen LogP contribution < -0.4 is 15.8 Å². The lowest BCUT2D eigenvalue weighted by Crippen LogP contribution is -2.11. The second-order valence-corrected chi connectivity index (χ2v) is 4.23. The fourth-order valence-corrected chi connectivity index (χ4v) is 1.54. The third kappa shape index (κ3) is 3.69. The molecule has 1 aromatic carbocycles. The first-order valence-corrected chi connectivity index (χ1v) is 6.15. The Balaban J connectivity index is 1.75. The summed E-state index contributed by atoms with van der Waals surface area (Å²) >= 11 is 0. The van der Waals surface area contributed by atoms with Gasteiger partial charge in [0.25, 0.3) is 0 Å². The molecule has 19 heavy (non-hydrogen) atoms. The van der Waals surface area contributed by atoms with Crippen LogP contribution in [0, 0.1) is 13.8 Å². The van der Waals surface area contributed by atoms with Gasteiger partial charge in [0.05, 0.1) is 13.1 Å². The van der Waals surface area contributed by atoms with Crippen LogP contribution in [0.25, 0.3) is 0 Å². The van der Waals surface area contributed by atoms with Gasteiger partial charge in [0, 0.05) is 0 Å². The Labute approximate surface area is 112 Å². The molecule has 1 aromatic heterocycles. The van der Waals surface area contributed by atoms with Gasteiger partial charge in [-0.05, 0) is 37.1 Å². The van der Waals surface area contributed by atoms with Gasteiger partial charge < -0.3 is 20.2 Å². The quantitative estimate of drug-likeness (QED) is 0.770. The predicted molar refractivity (Wildman–Crippen MR) is 72.1 cm³/mol. The lowest BCUT2D eigenvalue weighted by atomic mass is 10.1. The number of hydrogen-bond acceptors (Lipinski definition) is 6. The summed E-state index contributed by atoms with van der Waals surface area (Å²) in [7, 11) is 0. The Hall–Kier alpha value is -2.08. The molecule has 0 atom stereocenters. The SMILES string of the molecule is Cc1ccc(OCCNc2nnc(CN)o2)cc1C. The van der Waals surface area contributed by atoms with Gasteiger partial charge in [0.2, 0.25) is 5.89 Å². The van der Waals surface area contributed by atoms with E-state index in [9.17, 15) is 0 Å². The van der Waals surface area contributed by atoms with Crippen LogP contribution in [-0.2, 0) is 6.54 Å². The molecule has 0 unspecified atom stereocenters. The standard InChI is InChI=1S/C13H18N4O2/c1-9-3-4-11(7-10(9)2)18-6-5-15-13-17-16-12(8-14)19-13/h3-4,7H,5-6,8,14H2,1-2H3,(H,15,17). The Bertz CT molecular complexity index is 539. The predicted octanol–water partition coefficient (Wildman–Crippen LogP) is 1.64. The zero-order chi connectivity index (χ0) is 13.7. The topological polar surface area (TPSA) is 86.2 Å². The maximum absolute atomic E-state index is 5.62. The van der Waals surface area contributed by atoms with E-state index < -0.39 is 0 Å². The fraction of sp³-hybridized carbons (Fsp3) is 0.385. The van der Waals surface area contributed by atoms with Crippen LogP contribution in [0.1, 0.15) is 17.0 Å². The molecule has 102 valence electrons. The average molecular weight is 262 g/mol. The zero-order valence-electron chi connectivity index (χ0n) is 11.1. The first-order valence-electron chi connectivity index (χ1n) is 6.15. The molecule has 0 aliphatic rings. The molecule has 6 heteroatoms. The summed E-state index contributed by atoms with van der Waals surface area (Å²) in [4.78, 5) is 0. The van der Waals surface area contributed by atoms with Gasteiger partial charge in [-0.1, -0.05) is 11.2 Å². The summed E-state index contributed by atoms with van der Waals surface area (Å²) in [5.41, 5.74) is 7.84. The van der Waals surface area contributed by atoms with Crippen molar-refractivity contribution in [1.82, 2.24) is 10.2 Å². The molecule has 0 spiro atoms. The molecule has 0 aliphatic heterocycles. The minimum absolute atomic E-state index is 0.244. The highest BCUT2D eigenvalue weighted by Gasteiger charge is 2.03. The minimum atomic E-state index is 0.244. The minimum Gasteiger partial charge on any atom is -0.492 e. The Morgan fingerprint density at radius 3 is 2.79 bits per heavy atom. The molecule has 0 fully saturated rings. The second-order valence-electron chi connectivity index (χ2n) is 4.23. The van der Waals surface area contributed by atoms with Crippen LogP contribution >= 0.6 is 0 Å². The van der Waals surface area contributed by atoms with Crippen molar-refractivity contribution in [2.45, 2.75) is 20.4 Å². The van der Waals surface area contributed by atoms with Crippen molar-refractivity contribution >= 4 is 6.01 Å². The monoisotopic (exact) mass is 262 g/mol. The third-order valence-corrected chi connectivity index (χ3v) is 2.77. The van der Waals surface area contributed by atoms with Gasteiger partial charge in [-0.25, -0.2) is 0 Å². The second kappa shape index (κ2) is 6.19. The molecule has 2 aromatic rings.